The lowest BCUT2D eigenvalue weighted by atomic mass is 10.0. The van der Waals surface area contributed by atoms with Crippen LogP contribution in [0.15, 0.2) is 42.9 Å². The van der Waals surface area contributed by atoms with Crippen LogP contribution in [0.25, 0.3) is 5.69 Å². The van der Waals surface area contributed by atoms with Crippen molar-refractivity contribution in [2.45, 2.75) is 57.9 Å². The van der Waals surface area contributed by atoms with Crippen molar-refractivity contribution in [3.63, 3.8) is 0 Å². The van der Waals surface area contributed by atoms with Gasteiger partial charge in [-0.05, 0) is 69.9 Å². The van der Waals surface area contributed by atoms with Gasteiger partial charge >= 0.3 is 0 Å². The quantitative estimate of drug-likeness (QED) is 0.357. The molecule has 1 aliphatic heterocycles. The zero-order valence-corrected chi connectivity index (χ0v) is 20.0. The van der Waals surface area contributed by atoms with Crippen LogP contribution < -0.4 is 5.32 Å². The van der Waals surface area contributed by atoms with Gasteiger partial charge < -0.3 is 14.8 Å². The molecule has 2 fully saturated rings. The average molecular weight is 474 g/mol. The first-order valence-electron chi connectivity index (χ1n) is 11.7. The summed E-state index contributed by atoms with van der Waals surface area (Å²) in [6.45, 7) is 5.77. The molecule has 3 aromatic rings. The number of hydrogen-bond acceptors (Lipinski definition) is 5. The van der Waals surface area contributed by atoms with Crippen molar-refractivity contribution in [3.05, 3.63) is 71.2 Å². The fourth-order valence-electron chi connectivity index (χ4n) is 4.56. The summed E-state index contributed by atoms with van der Waals surface area (Å²) < 4.78 is 16.6. The molecule has 3 heterocycles. The summed E-state index contributed by atoms with van der Waals surface area (Å²) in [6.07, 6.45) is 7.27. The monoisotopic (exact) mass is 473 g/mol. The third-order valence-corrected chi connectivity index (χ3v) is 6.71. The molecule has 2 aliphatic rings. The molecule has 1 saturated heterocycles. The molecular formula is C26H28FN7O. The van der Waals surface area contributed by atoms with E-state index in [0.717, 1.165) is 25.0 Å². The lowest BCUT2D eigenvalue weighted by Crippen LogP contribution is -2.45. The second-order valence-electron chi connectivity index (χ2n) is 9.90. The minimum Gasteiger partial charge on any atom is -0.308 e. The average Bonchev–Trinajstić information content (AvgIpc) is 3.47. The van der Waals surface area contributed by atoms with E-state index in [1.807, 2.05) is 24.6 Å². The second kappa shape index (κ2) is 8.41. The van der Waals surface area contributed by atoms with Gasteiger partial charge in [-0.2, -0.15) is 0 Å². The first kappa shape index (κ1) is 22.9. The third-order valence-electron chi connectivity index (χ3n) is 6.71. The second-order valence-corrected chi connectivity index (χ2v) is 9.90. The molecule has 0 spiro atoms. The Labute approximate surface area is 203 Å². The van der Waals surface area contributed by atoms with E-state index in [2.05, 4.69) is 15.3 Å². The van der Waals surface area contributed by atoms with Crippen LogP contribution in [-0.4, -0.2) is 42.6 Å². The molecule has 35 heavy (non-hydrogen) atoms. The predicted molar refractivity (Wildman–Crippen MR) is 132 cm³/mol. The highest BCUT2D eigenvalue weighted by atomic mass is 19.1. The maximum Gasteiger partial charge on any atom is 0.259 e. The summed E-state index contributed by atoms with van der Waals surface area (Å²) >= 11 is 0. The van der Waals surface area contributed by atoms with Gasteiger partial charge in [-0.25, -0.2) is 14.4 Å². The third kappa shape index (κ3) is 4.34. The number of amides is 1. The molecular weight excluding hydrogens is 445 g/mol. The van der Waals surface area contributed by atoms with E-state index >= 15 is 0 Å². The molecule has 5 rings (SSSR count). The van der Waals surface area contributed by atoms with Crippen LogP contribution in [0.4, 0.5) is 10.2 Å². The summed E-state index contributed by atoms with van der Waals surface area (Å²) in [6, 6.07) is 7.82. The number of imidazole rings is 1. The van der Waals surface area contributed by atoms with Crippen LogP contribution in [0.3, 0.4) is 0 Å². The number of amidine groups is 2. The molecule has 9 heteroatoms. The van der Waals surface area contributed by atoms with E-state index in [9.17, 15) is 9.18 Å². The topological polar surface area (TPSA) is 111 Å². The van der Waals surface area contributed by atoms with Gasteiger partial charge in [-0.3, -0.25) is 15.6 Å². The van der Waals surface area contributed by atoms with Gasteiger partial charge in [0, 0.05) is 24.1 Å². The number of pyridine rings is 1. The van der Waals surface area contributed by atoms with Crippen molar-refractivity contribution in [1.82, 2.24) is 19.4 Å². The van der Waals surface area contributed by atoms with Gasteiger partial charge in [-0.1, -0.05) is 6.07 Å². The van der Waals surface area contributed by atoms with Crippen molar-refractivity contribution in [2.75, 3.05) is 5.32 Å². The van der Waals surface area contributed by atoms with Gasteiger partial charge in [0.05, 0.1) is 23.3 Å². The fourth-order valence-corrected chi connectivity index (χ4v) is 4.56. The molecule has 2 aromatic heterocycles. The van der Waals surface area contributed by atoms with Gasteiger partial charge in [0.25, 0.3) is 5.91 Å². The van der Waals surface area contributed by atoms with Crippen molar-refractivity contribution in [1.29, 1.82) is 10.8 Å². The van der Waals surface area contributed by atoms with E-state index in [0.29, 0.717) is 35.1 Å². The fraction of sp³-hybridized carbons (Fsp3) is 0.346. The Balaban J connectivity index is 1.39. The Morgan fingerprint density at radius 3 is 2.71 bits per heavy atom. The zero-order valence-electron chi connectivity index (χ0n) is 20.0. The van der Waals surface area contributed by atoms with Crippen molar-refractivity contribution < 1.29 is 9.18 Å². The Morgan fingerprint density at radius 2 is 2.03 bits per heavy atom. The first-order valence-corrected chi connectivity index (χ1v) is 11.7. The molecule has 3 N–H and O–H groups in total. The minimum absolute atomic E-state index is 0.1000. The van der Waals surface area contributed by atoms with Gasteiger partial charge in [-0.15, -0.1) is 0 Å². The Hall–Kier alpha value is -3.88. The van der Waals surface area contributed by atoms with Crippen molar-refractivity contribution >= 4 is 23.4 Å². The summed E-state index contributed by atoms with van der Waals surface area (Å²) in [5, 5.41) is 19.5. The Kier molecular flexibility index (Phi) is 5.50. The zero-order chi connectivity index (χ0) is 24.9. The summed E-state index contributed by atoms with van der Waals surface area (Å²) in [5.74, 6) is -0.0781. The van der Waals surface area contributed by atoms with Gasteiger partial charge in [0.2, 0.25) is 0 Å². The lowest BCUT2D eigenvalue weighted by molar-refractivity contribution is 0.102. The summed E-state index contributed by atoms with van der Waals surface area (Å²) in [5.41, 5.74) is 2.27. The highest BCUT2D eigenvalue weighted by Crippen LogP contribution is 2.39. The highest BCUT2D eigenvalue weighted by molar-refractivity contribution is 6.08. The van der Waals surface area contributed by atoms with Crippen LogP contribution in [0.2, 0.25) is 0 Å². The highest BCUT2D eigenvalue weighted by Gasteiger charge is 2.38. The SMILES string of the molecule is Cc1cc(F)c(C(=O)Nc2cccc(C(=N)N3C(=N)CCC3(C)C)n2)cc1-n1cnc(C2CC2)c1. The lowest BCUT2D eigenvalue weighted by Gasteiger charge is -2.32. The van der Waals surface area contributed by atoms with E-state index < -0.39 is 11.7 Å². The van der Waals surface area contributed by atoms with Crippen molar-refractivity contribution in [3.8, 4) is 5.69 Å². The van der Waals surface area contributed by atoms with E-state index in [1.54, 1.807) is 36.4 Å². The molecule has 0 unspecified atom stereocenters. The van der Waals surface area contributed by atoms with Crippen molar-refractivity contribution in [2.24, 2.45) is 0 Å². The van der Waals surface area contributed by atoms with Crippen LogP contribution in [-0.2, 0) is 0 Å². The predicted octanol–water partition coefficient (Wildman–Crippen LogP) is 5.02. The largest absolute Gasteiger partial charge is 0.308 e. The summed E-state index contributed by atoms with van der Waals surface area (Å²) in [4.78, 5) is 23.6. The molecule has 8 nitrogen and oxygen atoms in total. The first-order chi connectivity index (χ1) is 16.6. The molecule has 180 valence electrons. The number of nitrogens with one attached hydrogen (secondary N) is 3. The molecule has 0 atom stereocenters. The maximum absolute atomic E-state index is 14.8. The smallest absolute Gasteiger partial charge is 0.259 e. The van der Waals surface area contributed by atoms with Crippen LogP contribution in [0, 0.1) is 23.6 Å². The van der Waals surface area contributed by atoms with Crippen LogP contribution >= 0.6 is 0 Å². The number of nitrogens with zero attached hydrogens (tertiary/aromatic N) is 4. The number of benzene rings is 1. The number of aryl methyl sites for hydroxylation is 1. The van der Waals surface area contributed by atoms with Gasteiger partial charge in [0.1, 0.15) is 23.2 Å². The minimum atomic E-state index is -0.628. The molecule has 1 aliphatic carbocycles. The summed E-state index contributed by atoms with van der Waals surface area (Å²) in [7, 11) is 0. The van der Waals surface area contributed by atoms with E-state index in [4.69, 9.17) is 10.8 Å². The van der Waals surface area contributed by atoms with Crippen LogP contribution in [0.1, 0.15) is 72.8 Å². The molecule has 0 radical (unpaired) electrons. The van der Waals surface area contributed by atoms with Crippen LogP contribution in [0.5, 0.6) is 0 Å². The number of anilines is 1. The molecule has 1 aromatic carbocycles. The normalized spacial score (nSPS) is 17.0. The number of carbonyl (C=O) groups excluding carboxylic acids is 1. The number of likely N-dealkylation sites (tertiary alicyclic amines) is 1. The number of rotatable bonds is 5. The molecule has 0 bridgehead atoms. The number of aromatic nitrogens is 3. The standard InChI is InChI=1S/C26H28FN7O/c1-15-11-18(27)17(12-21(15)33-13-20(30-14-33)16-7-8-16)25(35)32-23-6-4-5-19(31-23)24(29)34-22(28)9-10-26(34,2)3/h4-6,11-14,16,28-29H,7-10H2,1-3H3,(H,31,32,35). The number of carbonyl (C=O) groups is 1. The molecule has 1 saturated carbocycles. The Bertz CT molecular complexity index is 1360. The number of halogens is 1. The molecule has 1 amide bonds. The maximum atomic E-state index is 14.8. The van der Waals surface area contributed by atoms with Gasteiger partial charge in [0.15, 0.2) is 5.84 Å². The number of hydrogen-bond donors (Lipinski definition) is 3. The van der Waals surface area contributed by atoms with E-state index in [-0.39, 0.29) is 22.8 Å². The van der Waals surface area contributed by atoms with E-state index in [1.165, 1.54) is 12.1 Å². The Morgan fingerprint density at radius 1 is 1.26 bits per heavy atom.